The van der Waals surface area contributed by atoms with Crippen LogP contribution in [0.2, 0.25) is 0 Å². The van der Waals surface area contributed by atoms with E-state index < -0.39 is 0 Å². The fourth-order valence-electron chi connectivity index (χ4n) is 6.86. The summed E-state index contributed by atoms with van der Waals surface area (Å²) in [7, 11) is 7.81. The molecule has 2 bridgehead atoms. The molecule has 3 fully saturated rings. The number of methoxy groups -OCH3 is 1. The molecule has 4 heterocycles. The van der Waals surface area contributed by atoms with Crippen LogP contribution >= 0.6 is 0 Å². The Bertz CT molecular complexity index is 1570. The van der Waals surface area contributed by atoms with E-state index in [1.165, 1.54) is 12.8 Å². The molecule has 4 aromatic rings. The van der Waals surface area contributed by atoms with Gasteiger partial charge >= 0.3 is 0 Å². The molecule has 2 aliphatic carbocycles. The lowest BCUT2D eigenvalue weighted by atomic mass is 10.0. The second-order valence-corrected chi connectivity index (χ2v) is 11.6. The molecule has 1 aromatic carbocycles. The maximum Gasteiger partial charge on any atom is 0.254 e. The van der Waals surface area contributed by atoms with Crippen molar-refractivity contribution in [3.8, 4) is 17.3 Å². The minimum absolute atomic E-state index is 0.000972. The lowest BCUT2D eigenvalue weighted by molar-refractivity contribution is 0.0589. The highest BCUT2D eigenvalue weighted by atomic mass is 16.5. The summed E-state index contributed by atoms with van der Waals surface area (Å²) in [5.41, 5.74) is 10.8. The highest BCUT2D eigenvalue weighted by Crippen LogP contribution is 2.41. The highest BCUT2D eigenvalue weighted by Gasteiger charge is 2.53. The van der Waals surface area contributed by atoms with Gasteiger partial charge in [-0.1, -0.05) is 0 Å². The fraction of sp³-hybridized carbons (Fsp3) is 0.483. The lowest BCUT2D eigenvalue weighted by Gasteiger charge is -2.37. The van der Waals surface area contributed by atoms with Crippen molar-refractivity contribution >= 4 is 28.0 Å². The number of fused-ring (bicyclic) bond motifs is 4. The summed E-state index contributed by atoms with van der Waals surface area (Å²) < 4.78 is 10.2. The Balaban J connectivity index is 1.32. The van der Waals surface area contributed by atoms with Gasteiger partial charge in [0.15, 0.2) is 5.82 Å². The van der Waals surface area contributed by atoms with E-state index in [1.807, 2.05) is 36.3 Å². The van der Waals surface area contributed by atoms with Crippen LogP contribution < -0.4 is 10.5 Å². The number of amides is 1. The smallest absolute Gasteiger partial charge is 0.254 e. The number of carbonyl (C=O) groups is 1. The molecular formula is C29H35N7O2. The summed E-state index contributed by atoms with van der Waals surface area (Å²) in [5, 5.41) is 1.11. The van der Waals surface area contributed by atoms with Crippen molar-refractivity contribution < 1.29 is 9.53 Å². The minimum Gasteiger partial charge on any atom is -0.494 e. The Morgan fingerprint density at radius 2 is 2.05 bits per heavy atom. The second-order valence-electron chi connectivity index (χ2n) is 11.6. The van der Waals surface area contributed by atoms with Crippen molar-refractivity contribution in [2.45, 2.75) is 43.9 Å². The van der Waals surface area contributed by atoms with Gasteiger partial charge in [0.05, 0.1) is 24.4 Å². The summed E-state index contributed by atoms with van der Waals surface area (Å²) in [4.78, 5) is 27.8. The molecule has 3 aliphatic rings. The molecule has 7 rings (SSSR count). The zero-order valence-corrected chi connectivity index (χ0v) is 22.5. The number of piperidine rings is 1. The van der Waals surface area contributed by atoms with E-state index in [1.54, 1.807) is 7.11 Å². The number of benzene rings is 1. The molecule has 3 aromatic heterocycles. The number of aromatic nitrogens is 4. The van der Waals surface area contributed by atoms with Crippen LogP contribution in [-0.2, 0) is 13.6 Å². The van der Waals surface area contributed by atoms with Crippen LogP contribution in [0.3, 0.4) is 0 Å². The minimum atomic E-state index is -0.000972. The third-order valence-electron chi connectivity index (χ3n) is 9.02. The summed E-state index contributed by atoms with van der Waals surface area (Å²) in [6.07, 6.45) is 5.40. The molecule has 4 atom stereocenters. The molecule has 198 valence electrons. The van der Waals surface area contributed by atoms with Gasteiger partial charge in [-0.2, -0.15) is 0 Å². The third kappa shape index (κ3) is 3.48. The average molecular weight is 514 g/mol. The fourth-order valence-corrected chi connectivity index (χ4v) is 6.86. The standard InChI is InChI=1S/C29H35N7O2/c1-33(2)21-12-19-15-36(26(21)24(19)30)29(37)18-10-20-25(23(13-18)38-4)34(3)28(32-20)22-11-17-6-5-9-31-27(17)35(22)14-16-7-8-16/h5-6,9-11,13,16,19,21,24,26H,7-8,12,14-15,30H2,1-4H3/t19?,21-,24?,26?/m0/s1. The van der Waals surface area contributed by atoms with Crippen LogP contribution in [0.15, 0.2) is 36.5 Å². The first-order chi connectivity index (χ1) is 18.4. The van der Waals surface area contributed by atoms with E-state index in [0.29, 0.717) is 29.7 Å². The monoisotopic (exact) mass is 513 g/mol. The number of nitrogens with zero attached hydrogens (tertiary/aromatic N) is 6. The predicted octanol–water partition coefficient (Wildman–Crippen LogP) is 3.11. The number of likely N-dealkylation sites (tertiary alicyclic amines) is 1. The summed E-state index contributed by atoms with van der Waals surface area (Å²) >= 11 is 0. The Kier molecular flexibility index (Phi) is 5.32. The van der Waals surface area contributed by atoms with Gasteiger partial charge in [-0.15, -0.1) is 0 Å². The van der Waals surface area contributed by atoms with Gasteiger partial charge < -0.3 is 29.4 Å². The number of pyridine rings is 1. The third-order valence-corrected chi connectivity index (χ3v) is 9.02. The summed E-state index contributed by atoms with van der Waals surface area (Å²) in [6, 6.07) is 10.3. The number of rotatable bonds is 6. The number of hydrogen-bond donors (Lipinski definition) is 1. The van der Waals surface area contributed by atoms with Crippen molar-refractivity contribution in [1.82, 2.24) is 28.9 Å². The molecule has 2 N–H and O–H groups in total. The normalized spacial score (nSPS) is 24.8. The van der Waals surface area contributed by atoms with Crippen molar-refractivity contribution in [2.24, 2.45) is 24.6 Å². The molecule has 38 heavy (non-hydrogen) atoms. The molecular weight excluding hydrogens is 478 g/mol. The van der Waals surface area contributed by atoms with E-state index in [-0.39, 0.29) is 24.0 Å². The maximum absolute atomic E-state index is 13.9. The number of likely N-dealkylation sites (N-methyl/N-ethyl adjacent to an activating group) is 1. The Morgan fingerprint density at radius 3 is 2.76 bits per heavy atom. The van der Waals surface area contributed by atoms with Crippen molar-refractivity contribution in [1.29, 1.82) is 0 Å². The van der Waals surface area contributed by atoms with Crippen LogP contribution in [0.25, 0.3) is 33.6 Å². The summed E-state index contributed by atoms with van der Waals surface area (Å²) in [6.45, 7) is 1.64. The van der Waals surface area contributed by atoms with Crippen LogP contribution in [-0.4, -0.2) is 80.7 Å². The van der Waals surface area contributed by atoms with E-state index in [9.17, 15) is 4.79 Å². The quantitative estimate of drug-likeness (QED) is 0.426. The van der Waals surface area contributed by atoms with Crippen molar-refractivity contribution in [2.75, 3.05) is 27.7 Å². The number of hydrogen-bond acceptors (Lipinski definition) is 6. The first kappa shape index (κ1) is 23.7. The number of ether oxygens (including phenoxy) is 1. The number of aryl methyl sites for hydroxylation is 1. The number of carbonyl (C=O) groups excluding carboxylic acids is 1. The summed E-state index contributed by atoms with van der Waals surface area (Å²) in [5.74, 6) is 2.52. The largest absolute Gasteiger partial charge is 0.494 e. The number of nitrogens with two attached hydrogens (primary N) is 1. The van der Waals surface area contributed by atoms with Gasteiger partial charge in [-0.05, 0) is 75.5 Å². The van der Waals surface area contributed by atoms with Gasteiger partial charge in [-0.3, -0.25) is 4.79 Å². The van der Waals surface area contributed by atoms with Gasteiger partial charge in [-0.25, -0.2) is 9.97 Å². The number of imidazole rings is 1. The van der Waals surface area contributed by atoms with Crippen LogP contribution in [0, 0.1) is 11.8 Å². The molecule has 9 nitrogen and oxygen atoms in total. The van der Waals surface area contributed by atoms with Crippen molar-refractivity contribution in [3.05, 3.63) is 42.1 Å². The molecule has 9 heteroatoms. The Morgan fingerprint density at radius 1 is 1.24 bits per heavy atom. The van der Waals surface area contributed by atoms with Gasteiger partial charge in [0.25, 0.3) is 5.91 Å². The van der Waals surface area contributed by atoms with E-state index in [2.05, 4.69) is 45.2 Å². The Hall–Kier alpha value is -3.43. The maximum atomic E-state index is 13.9. The predicted molar refractivity (Wildman–Crippen MR) is 147 cm³/mol. The topological polar surface area (TPSA) is 94.4 Å². The average Bonchev–Trinajstić information content (AvgIpc) is 3.33. The molecule has 1 amide bonds. The molecule has 0 spiro atoms. The molecule has 2 saturated carbocycles. The van der Waals surface area contributed by atoms with E-state index in [0.717, 1.165) is 46.6 Å². The molecule has 1 aliphatic heterocycles. The van der Waals surface area contributed by atoms with E-state index >= 15 is 0 Å². The first-order valence-electron chi connectivity index (χ1n) is 13.6. The lowest BCUT2D eigenvalue weighted by Crippen LogP contribution is -2.52. The van der Waals surface area contributed by atoms with Gasteiger partial charge in [0, 0.05) is 49.4 Å². The first-order valence-corrected chi connectivity index (χ1v) is 13.6. The van der Waals surface area contributed by atoms with Gasteiger partial charge in [0.2, 0.25) is 0 Å². The van der Waals surface area contributed by atoms with Crippen molar-refractivity contribution in [3.63, 3.8) is 0 Å². The molecule has 3 unspecified atom stereocenters. The zero-order chi connectivity index (χ0) is 26.3. The highest BCUT2D eigenvalue weighted by molar-refractivity contribution is 6.00. The second kappa shape index (κ2) is 8.54. The molecule has 0 radical (unpaired) electrons. The van der Waals surface area contributed by atoms with Gasteiger partial charge in [0.1, 0.15) is 16.9 Å². The van der Waals surface area contributed by atoms with Crippen LogP contribution in [0.5, 0.6) is 5.75 Å². The Labute approximate surface area is 222 Å². The van der Waals surface area contributed by atoms with E-state index in [4.69, 9.17) is 15.5 Å². The molecule has 1 saturated heterocycles. The zero-order valence-electron chi connectivity index (χ0n) is 22.5. The van der Waals surface area contributed by atoms with Crippen LogP contribution in [0.4, 0.5) is 0 Å². The van der Waals surface area contributed by atoms with Crippen LogP contribution in [0.1, 0.15) is 29.6 Å². The SMILES string of the molecule is COc1cc(C(=O)N2CC3C[C@H](N(C)C)C2C3N)cc2nc(-c3cc4cccnc4n3CC3CC3)n(C)c12.